The molecular formula is C17H27NO. The Morgan fingerprint density at radius 2 is 2.11 bits per heavy atom. The smallest absolute Gasteiger partial charge is 0.123 e. The molecule has 2 rings (SSSR count). The Morgan fingerprint density at radius 1 is 1.32 bits per heavy atom. The van der Waals surface area contributed by atoms with Gasteiger partial charge in [0.1, 0.15) is 11.9 Å². The number of benzene rings is 1. The van der Waals surface area contributed by atoms with Gasteiger partial charge in [-0.15, -0.1) is 0 Å². The van der Waals surface area contributed by atoms with Crippen LogP contribution in [0.1, 0.15) is 45.6 Å². The Kier molecular flexibility index (Phi) is 5.26. The highest BCUT2D eigenvalue weighted by Crippen LogP contribution is 2.31. The molecule has 3 atom stereocenters. The molecule has 0 amide bonds. The lowest BCUT2D eigenvalue weighted by Gasteiger charge is -2.26. The zero-order valence-corrected chi connectivity index (χ0v) is 12.5. The van der Waals surface area contributed by atoms with Gasteiger partial charge in [-0.2, -0.15) is 0 Å². The Labute approximate surface area is 117 Å². The van der Waals surface area contributed by atoms with Crippen molar-refractivity contribution in [2.75, 3.05) is 6.54 Å². The van der Waals surface area contributed by atoms with Crippen LogP contribution in [0, 0.1) is 5.92 Å². The van der Waals surface area contributed by atoms with E-state index in [0.29, 0.717) is 12.1 Å². The molecule has 1 aromatic carbocycles. The van der Waals surface area contributed by atoms with Gasteiger partial charge in [0.15, 0.2) is 0 Å². The number of ether oxygens (including phenoxy) is 1. The standard InChI is InChI=1S/C17H27NO/c1-4-8-13(3)11-15(18-5-2)17-12-14-9-6-7-10-16(14)19-17/h6-7,9-10,13,15,17-18H,4-5,8,11-12H2,1-3H3. The first-order valence-electron chi connectivity index (χ1n) is 7.72. The van der Waals surface area contributed by atoms with Crippen molar-refractivity contribution in [1.82, 2.24) is 5.32 Å². The molecule has 106 valence electrons. The largest absolute Gasteiger partial charge is 0.488 e. The Bertz CT molecular complexity index is 366. The number of hydrogen-bond donors (Lipinski definition) is 1. The minimum Gasteiger partial charge on any atom is -0.488 e. The third-order valence-corrected chi connectivity index (χ3v) is 4.02. The van der Waals surface area contributed by atoms with Gasteiger partial charge in [0.25, 0.3) is 0 Å². The van der Waals surface area contributed by atoms with Crippen LogP contribution >= 0.6 is 0 Å². The maximum absolute atomic E-state index is 6.14. The van der Waals surface area contributed by atoms with Crippen molar-refractivity contribution >= 4 is 0 Å². The molecule has 3 unspecified atom stereocenters. The second-order valence-corrected chi connectivity index (χ2v) is 5.76. The van der Waals surface area contributed by atoms with Crippen LogP contribution in [0.25, 0.3) is 0 Å². The molecule has 19 heavy (non-hydrogen) atoms. The average Bonchev–Trinajstić information content (AvgIpc) is 2.82. The van der Waals surface area contributed by atoms with Crippen molar-refractivity contribution in [2.45, 2.75) is 58.6 Å². The lowest BCUT2D eigenvalue weighted by molar-refractivity contribution is 0.161. The third kappa shape index (κ3) is 3.73. The van der Waals surface area contributed by atoms with Crippen LogP contribution < -0.4 is 10.1 Å². The van der Waals surface area contributed by atoms with Crippen LogP contribution in [-0.2, 0) is 6.42 Å². The van der Waals surface area contributed by atoms with Crippen LogP contribution in [0.15, 0.2) is 24.3 Å². The first kappa shape index (κ1) is 14.4. The summed E-state index contributed by atoms with van der Waals surface area (Å²) in [6.07, 6.45) is 5.14. The van der Waals surface area contributed by atoms with E-state index in [1.54, 1.807) is 0 Å². The number of hydrogen-bond acceptors (Lipinski definition) is 2. The molecule has 0 radical (unpaired) electrons. The van der Waals surface area contributed by atoms with Crippen molar-refractivity contribution < 1.29 is 4.74 Å². The molecule has 2 nitrogen and oxygen atoms in total. The highest BCUT2D eigenvalue weighted by Gasteiger charge is 2.30. The van der Waals surface area contributed by atoms with Crippen LogP contribution in [0.5, 0.6) is 5.75 Å². The van der Waals surface area contributed by atoms with Crippen molar-refractivity contribution in [1.29, 1.82) is 0 Å². The SMILES string of the molecule is CCCC(C)CC(NCC)C1Cc2ccccc2O1. The molecule has 0 saturated heterocycles. The monoisotopic (exact) mass is 261 g/mol. The van der Waals surface area contributed by atoms with Crippen molar-refractivity contribution in [2.24, 2.45) is 5.92 Å². The molecule has 2 heteroatoms. The Morgan fingerprint density at radius 3 is 2.79 bits per heavy atom. The number of rotatable bonds is 7. The van der Waals surface area contributed by atoms with Gasteiger partial charge in [0, 0.05) is 12.5 Å². The molecule has 0 aliphatic carbocycles. The minimum atomic E-state index is 0.302. The predicted molar refractivity (Wildman–Crippen MR) is 80.7 cm³/mol. The molecule has 1 aromatic rings. The fourth-order valence-electron chi connectivity index (χ4n) is 3.11. The van der Waals surface area contributed by atoms with E-state index in [1.165, 1.54) is 24.8 Å². The van der Waals surface area contributed by atoms with Gasteiger partial charge in [0.2, 0.25) is 0 Å². The van der Waals surface area contributed by atoms with Gasteiger partial charge in [-0.05, 0) is 30.5 Å². The van der Waals surface area contributed by atoms with Crippen LogP contribution in [0.3, 0.4) is 0 Å². The normalized spacial score (nSPS) is 20.7. The highest BCUT2D eigenvalue weighted by atomic mass is 16.5. The summed E-state index contributed by atoms with van der Waals surface area (Å²) in [4.78, 5) is 0. The van der Waals surface area contributed by atoms with E-state index in [1.807, 2.05) is 0 Å². The van der Waals surface area contributed by atoms with Crippen molar-refractivity contribution in [3.8, 4) is 5.75 Å². The van der Waals surface area contributed by atoms with Crippen LogP contribution in [0.2, 0.25) is 0 Å². The first-order valence-corrected chi connectivity index (χ1v) is 7.72. The molecule has 1 aliphatic heterocycles. The maximum atomic E-state index is 6.14. The maximum Gasteiger partial charge on any atom is 0.123 e. The summed E-state index contributed by atoms with van der Waals surface area (Å²) >= 11 is 0. The lowest BCUT2D eigenvalue weighted by atomic mass is 9.92. The summed E-state index contributed by atoms with van der Waals surface area (Å²) in [7, 11) is 0. The van der Waals surface area contributed by atoms with Gasteiger partial charge >= 0.3 is 0 Å². The molecule has 0 spiro atoms. The number of para-hydroxylation sites is 1. The fourth-order valence-corrected chi connectivity index (χ4v) is 3.11. The van der Waals surface area contributed by atoms with E-state index in [4.69, 9.17) is 4.74 Å². The predicted octanol–water partition coefficient (Wildman–Crippen LogP) is 3.79. The molecule has 0 bridgehead atoms. The van der Waals surface area contributed by atoms with Gasteiger partial charge in [-0.3, -0.25) is 0 Å². The second kappa shape index (κ2) is 6.95. The average molecular weight is 261 g/mol. The summed E-state index contributed by atoms with van der Waals surface area (Å²) in [6.45, 7) is 7.82. The van der Waals surface area contributed by atoms with E-state index >= 15 is 0 Å². The van der Waals surface area contributed by atoms with E-state index < -0.39 is 0 Å². The van der Waals surface area contributed by atoms with Crippen LogP contribution in [-0.4, -0.2) is 18.7 Å². The molecule has 0 fully saturated rings. The zero-order valence-electron chi connectivity index (χ0n) is 12.5. The van der Waals surface area contributed by atoms with Gasteiger partial charge < -0.3 is 10.1 Å². The quantitative estimate of drug-likeness (QED) is 0.806. The molecule has 1 aliphatic rings. The Hall–Kier alpha value is -1.02. The summed E-state index contributed by atoms with van der Waals surface area (Å²) in [6, 6.07) is 8.91. The van der Waals surface area contributed by atoms with E-state index in [-0.39, 0.29) is 0 Å². The summed E-state index contributed by atoms with van der Waals surface area (Å²) in [5, 5.41) is 3.62. The topological polar surface area (TPSA) is 21.3 Å². The number of fused-ring (bicyclic) bond motifs is 1. The summed E-state index contributed by atoms with van der Waals surface area (Å²) in [5.74, 6) is 1.85. The van der Waals surface area contributed by atoms with Crippen LogP contribution in [0.4, 0.5) is 0 Å². The molecule has 0 saturated carbocycles. The van der Waals surface area contributed by atoms with Gasteiger partial charge in [-0.25, -0.2) is 0 Å². The second-order valence-electron chi connectivity index (χ2n) is 5.76. The Balaban J connectivity index is 1.97. The third-order valence-electron chi connectivity index (χ3n) is 4.02. The molecule has 1 N–H and O–H groups in total. The van der Waals surface area contributed by atoms with Gasteiger partial charge in [0.05, 0.1) is 0 Å². The fraction of sp³-hybridized carbons (Fsp3) is 0.647. The zero-order chi connectivity index (χ0) is 13.7. The summed E-state index contributed by atoms with van der Waals surface area (Å²) in [5.41, 5.74) is 1.36. The van der Waals surface area contributed by atoms with E-state index in [0.717, 1.165) is 24.6 Å². The van der Waals surface area contributed by atoms with E-state index in [9.17, 15) is 0 Å². The first-order chi connectivity index (χ1) is 9.24. The van der Waals surface area contributed by atoms with Crippen molar-refractivity contribution in [3.05, 3.63) is 29.8 Å². The molecule has 1 heterocycles. The minimum absolute atomic E-state index is 0.302. The van der Waals surface area contributed by atoms with E-state index in [2.05, 4.69) is 50.4 Å². The lowest BCUT2D eigenvalue weighted by Crippen LogP contribution is -2.43. The van der Waals surface area contributed by atoms with Gasteiger partial charge in [-0.1, -0.05) is 51.8 Å². The highest BCUT2D eigenvalue weighted by molar-refractivity contribution is 5.37. The number of nitrogens with one attached hydrogen (secondary N) is 1. The molecule has 0 aromatic heterocycles. The molecular weight excluding hydrogens is 234 g/mol. The number of likely N-dealkylation sites (N-methyl/N-ethyl adjacent to an activating group) is 1. The summed E-state index contributed by atoms with van der Waals surface area (Å²) < 4.78 is 6.14. The van der Waals surface area contributed by atoms with Crippen molar-refractivity contribution in [3.63, 3.8) is 0 Å².